The van der Waals surface area contributed by atoms with Crippen molar-refractivity contribution in [2.45, 2.75) is 38.5 Å². The second-order valence-corrected chi connectivity index (χ2v) is 7.01. The van der Waals surface area contributed by atoms with Crippen LogP contribution in [0.15, 0.2) is 47.4 Å². The van der Waals surface area contributed by atoms with Gasteiger partial charge in [0.25, 0.3) is 5.56 Å². The fourth-order valence-corrected chi connectivity index (χ4v) is 3.07. The van der Waals surface area contributed by atoms with Gasteiger partial charge < -0.3 is 9.84 Å². The predicted molar refractivity (Wildman–Crippen MR) is 95.6 cm³/mol. The molecular formula is C20H20F3NO3. The third kappa shape index (κ3) is 4.08. The van der Waals surface area contributed by atoms with Crippen LogP contribution in [0.4, 0.5) is 13.2 Å². The van der Waals surface area contributed by atoms with E-state index in [1.165, 1.54) is 16.7 Å². The number of aryl methyl sites for hydroxylation is 1. The van der Waals surface area contributed by atoms with E-state index in [0.29, 0.717) is 24.3 Å². The normalized spacial score (nSPS) is 15.7. The smallest absolute Gasteiger partial charge is 0.416 e. The molecule has 3 rings (SSSR count). The Hall–Kier alpha value is -2.54. The summed E-state index contributed by atoms with van der Waals surface area (Å²) >= 11 is 0. The van der Waals surface area contributed by atoms with Crippen LogP contribution >= 0.6 is 0 Å². The van der Waals surface area contributed by atoms with Crippen LogP contribution in [0.25, 0.3) is 5.70 Å². The van der Waals surface area contributed by atoms with Crippen LogP contribution in [-0.4, -0.2) is 21.9 Å². The highest BCUT2D eigenvalue weighted by molar-refractivity contribution is 5.74. The molecule has 1 aromatic heterocycles. The first-order chi connectivity index (χ1) is 12.6. The predicted octanol–water partition coefficient (Wildman–Crippen LogP) is 3.85. The number of benzene rings is 1. The molecule has 1 aliphatic heterocycles. The minimum atomic E-state index is -4.49. The zero-order valence-corrected chi connectivity index (χ0v) is 15.0. The highest BCUT2D eigenvalue weighted by atomic mass is 19.4. The van der Waals surface area contributed by atoms with Gasteiger partial charge >= 0.3 is 6.18 Å². The summed E-state index contributed by atoms with van der Waals surface area (Å²) in [7, 11) is 0. The molecule has 0 radical (unpaired) electrons. The second kappa shape index (κ2) is 6.88. The summed E-state index contributed by atoms with van der Waals surface area (Å²) in [6.07, 6.45) is -0.220. The fraction of sp³-hybridized carbons (Fsp3) is 0.350. The maximum atomic E-state index is 13.1. The fourth-order valence-electron chi connectivity index (χ4n) is 3.07. The van der Waals surface area contributed by atoms with Crippen molar-refractivity contribution in [3.63, 3.8) is 0 Å². The molecule has 0 aliphatic carbocycles. The number of rotatable bonds is 4. The van der Waals surface area contributed by atoms with E-state index in [1.807, 2.05) is 0 Å². The molecule has 2 heterocycles. The summed E-state index contributed by atoms with van der Waals surface area (Å²) in [4.78, 5) is 12.6. The molecule has 0 unspecified atom stereocenters. The van der Waals surface area contributed by atoms with Crippen LogP contribution in [0.2, 0.25) is 0 Å². The highest BCUT2D eigenvalue weighted by Gasteiger charge is 2.34. The van der Waals surface area contributed by atoms with Crippen molar-refractivity contribution >= 4 is 5.70 Å². The third-order valence-corrected chi connectivity index (χ3v) is 4.31. The third-order valence-electron chi connectivity index (χ3n) is 4.31. The number of halogens is 3. The van der Waals surface area contributed by atoms with E-state index in [-0.39, 0.29) is 17.7 Å². The first-order valence-electron chi connectivity index (χ1n) is 8.57. The molecule has 2 aromatic rings. The van der Waals surface area contributed by atoms with Gasteiger partial charge in [0.15, 0.2) is 0 Å². The van der Waals surface area contributed by atoms with Gasteiger partial charge in [-0.15, -0.1) is 0 Å². The van der Waals surface area contributed by atoms with Crippen LogP contribution in [-0.2, 0) is 12.6 Å². The lowest BCUT2D eigenvalue weighted by Crippen LogP contribution is -2.32. The zero-order chi connectivity index (χ0) is 19.8. The Morgan fingerprint density at radius 2 is 1.93 bits per heavy atom. The molecule has 0 saturated heterocycles. The molecule has 27 heavy (non-hydrogen) atoms. The number of ether oxygens (including phenoxy) is 1. The van der Waals surface area contributed by atoms with E-state index >= 15 is 0 Å². The molecule has 7 heteroatoms. The van der Waals surface area contributed by atoms with Crippen LogP contribution in [0.3, 0.4) is 0 Å². The van der Waals surface area contributed by atoms with Crippen molar-refractivity contribution in [2.24, 2.45) is 0 Å². The van der Waals surface area contributed by atoms with E-state index < -0.39 is 17.3 Å². The van der Waals surface area contributed by atoms with Gasteiger partial charge in [-0.05, 0) is 62.6 Å². The van der Waals surface area contributed by atoms with Crippen LogP contribution in [0.1, 0.15) is 37.0 Å². The Bertz CT molecular complexity index is 942. The molecule has 0 spiro atoms. The lowest BCUT2D eigenvalue weighted by atomic mass is 9.97. The minimum Gasteiger partial charge on any atom is -0.483 e. The number of aliphatic hydroxyl groups is 1. The quantitative estimate of drug-likeness (QED) is 0.878. The average molecular weight is 379 g/mol. The lowest BCUT2D eigenvalue weighted by molar-refractivity contribution is -0.137. The molecule has 0 bridgehead atoms. The number of hydrogen-bond donors (Lipinski definition) is 1. The van der Waals surface area contributed by atoms with Gasteiger partial charge in [-0.2, -0.15) is 13.2 Å². The topological polar surface area (TPSA) is 51.5 Å². The summed E-state index contributed by atoms with van der Waals surface area (Å²) in [6.45, 7) is 3.57. The Kier molecular flexibility index (Phi) is 4.90. The summed E-state index contributed by atoms with van der Waals surface area (Å²) in [5.74, 6) is 0.293. The van der Waals surface area contributed by atoms with E-state index in [2.05, 4.69) is 0 Å². The largest absolute Gasteiger partial charge is 0.483 e. The van der Waals surface area contributed by atoms with Crippen molar-refractivity contribution in [3.8, 4) is 5.75 Å². The van der Waals surface area contributed by atoms with Crippen molar-refractivity contribution in [2.75, 3.05) is 6.61 Å². The minimum absolute atomic E-state index is 0.0212. The molecule has 0 atom stereocenters. The maximum Gasteiger partial charge on any atom is 0.416 e. The highest BCUT2D eigenvalue weighted by Crippen LogP contribution is 2.40. The number of fused-ring (bicyclic) bond motifs is 1. The van der Waals surface area contributed by atoms with Crippen LogP contribution < -0.4 is 10.3 Å². The van der Waals surface area contributed by atoms with Crippen molar-refractivity contribution < 1.29 is 23.0 Å². The number of aliphatic hydroxyl groups excluding tert-OH is 1. The summed E-state index contributed by atoms with van der Waals surface area (Å²) < 4.78 is 46.5. The number of aromatic nitrogens is 1. The second-order valence-electron chi connectivity index (χ2n) is 7.01. The zero-order valence-electron chi connectivity index (χ0n) is 15.0. The number of alkyl halides is 3. The summed E-state index contributed by atoms with van der Waals surface area (Å²) in [6, 6.07) is 6.43. The maximum absolute atomic E-state index is 13.1. The molecule has 0 amide bonds. The monoisotopic (exact) mass is 379 g/mol. The Morgan fingerprint density at radius 3 is 2.56 bits per heavy atom. The standard InChI is InChI=1S/C20H20F3NO3/c1-19(2)12-16(24-8-7-13(4-3-9-25)10-18(24)26)15-11-14(20(21,22)23)5-6-17(15)27-19/h5-8,10-12,25H,3-4,9H2,1-2H3. The first kappa shape index (κ1) is 19.2. The van der Waals surface area contributed by atoms with Gasteiger partial charge in [-0.3, -0.25) is 9.36 Å². The van der Waals surface area contributed by atoms with Crippen molar-refractivity contribution in [3.05, 3.63) is 69.6 Å². The van der Waals surface area contributed by atoms with Gasteiger partial charge in [0.1, 0.15) is 11.4 Å². The first-order valence-corrected chi connectivity index (χ1v) is 8.57. The van der Waals surface area contributed by atoms with Gasteiger partial charge in [0, 0.05) is 24.4 Å². The molecule has 4 nitrogen and oxygen atoms in total. The molecule has 144 valence electrons. The number of nitrogens with zero attached hydrogens (tertiary/aromatic N) is 1. The van der Waals surface area contributed by atoms with Gasteiger partial charge in [0.05, 0.1) is 11.3 Å². The number of hydrogen-bond acceptors (Lipinski definition) is 3. The van der Waals surface area contributed by atoms with Gasteiger partial charge in [-0.1, -0.05) is 0 Å². The van der Waals surface area contributed by atoms with Crippen molar-refractivity contribution in [1.29, 1.82) is 0 Å². The molecule has 1 aromatic carbocycles. The lowest BCUT2D eigenvalue weighted by Gasteiger charge is -2.32. The van der Waals surface area contributed by atoms with E-state index in [0.717, 1.165) is 17.7 Å². The summed E-state index contributed by atoms with van der Waals surface area (Å²) in [5, 5.41) is 8.92. The summed E-state index contributed by atoms with van der Waals surface area (Å²) in [5.41, 5.74) is -0.598. The average Bonchev–Trinajstić information content (AvgIpc) is 2.57. The van der Waals surface area contributed by atoms with E-state index in [9.17, 15) is 18.0 Å². The van der Waals surface area contributed by atoms with Crippen LogP contribution in [0.5, 0.6) is 5.75 Å². The van der Waals surface area contributed by atoms with Gasteiger partial charge in [0.2, 0.25) is 0 Å². The Balaban J connectivity index is 2.12. The Labute approximate surface area is 154 Å². The molecule has 1 N–H and O–H groups in total. The molecule has 0 saturated carbocycles. The van der Waals surface area contributed by atoms with E-state index in [1.54, 1.807) is 32.2 Å². The molecule has 0 fully saturated rings. The number of pyridine rings is 1. The Morgan fingerprint density at radius 1 is 1.19 bits per heavy atom. The SMILES string of the molecule is CC1(C)C=C(n2ccc(CCCO)cc2=O)c2cc(C(F)(F)F)ccc2O1. The van der Waals surface area contributed by atoms with Crippen LogP contribution in [0, 0.1) is 0 Å². The molecular weight excluding hydrogens is 359 g/mol. The van der Waals surface area contributed by atoms with Gasteiger partial charge in [-0.25, -0.2) is 0 Å². The molecule has 1 aliphatic rings. The van der Waals surface area contributed by atoms with Crippen molar-refractivity contribution in [1.82, 2.24) is 4.57 Å². The van der Waals surface area contributed by atoms with E-state index in [4.69, 9.17) is 9.84 Å².